The van der Waals surface area contributed by atoms with Gasteiger partial charge in [0.05, 0.1) is 11.4 Å². The van der Waals surface area contributed by atoms with Crippen molar-refractivity contribution in [2.24, 2.45) is 0 Å². The molecule has 0 atom stereocenters. The average Bonchev–Trinajstić information content (AvgIpc) is 3.03. The Morgan fingerprint density at radius 3 is 2.58 bits per heavy atom. The first-order chi connectivity index (χ1) is 11.0. The smallest absolute Gasteiger partial charge is 0.243 e. The number of hydrogen-bond donors (Lipinski definition) is 1. The molecule has 2 aliphatic rings. The summed E-state index contributed by atoms with van der Waals surface area (Å²) in [6, 6.07) is 5.33. The van der Waals surface area contributed by atoms with E-state index in [4.69, 9.17) is 0 Å². The zero-order valence-corrected chi connectivity index (χ0v) is 15.5. The average molecular weight is 374 g/mol. The van der Waals surface area contributed by atoms with Gasteiger partial charge in [0, 0.05) is 33.2 Å². The Labute approximate surface area is 149 Å². The van der Waals surface area contributed by atoms with Crippen LogP contribution in [0.15, 0.2) is 23.1 Å². The maximum atomic E-state index is 12.7. The van der Waals surface area contributed by atoms with Crippen LogP contribution in [0.3, 0.4) is 0 Å². The van der Waals surface area contributed by atoms with Crippen molar-refractivity contribution in [1.82, 2.24) is 14.5 Å². The third kappa shape index (κ3) is 3.91. The normalized spacial score (nSPS) is 17.5. The number of sulfonamides is 1. The SMILES string of the molecule is CN(CC(=O)N1CCNCC1)S(=O)(=O)c1ccc2c(c1)CCC2.Cl. The lowest BCUT2D eigenvalue weighted by atomic mass is 10.1. The van der Waals surface area contributed by atoms with E-state index in [1.807, 2.05) is 6.07 Å². The van der Waals surface area contributed by atoms with E-state index in [0.717, 1.165) is 42.2 Å². The van der Waals surface area contributed by atoms with Gasteiger partial charge in [-0.15, -0.1) is 12.4 Å². The third-order valence-corrected chi connectivity index (χ3v) is 6.41. The molecule has 6 nitrogen and oxygen atoms in total. The van der Waals surface area contributed by atoms with Gasteiger partial charge >= 0.3 is 0 Å². The van der Waals surface area contributed by atoms with Crippen molar-refractivity contribution >= 4 is 28.3 Å². The number of amides is 1. The Bertz CT molecular complexity index is 703. The Hall–Kier alpha value is -1.15. The molecule has 1 fully saturated rings. The molecule has 0 radical (unpaired) electrons. The molecule has 0 bridgehead atoms. The summed E-state index contributed by atoms with van der Waals surface area (Å²) in [6.07, 6.45) is 3.03. The number of fused-ring (bicyclic) bond motifs is 1. The molecule has 0 unspecified atom stereocenters. The summed E-state index contributed by atoms with van der Waals surface area (Å²) in [5.74, 6) is -0.140. The van der Waals surface area contributed by atoms with Crippen molar-refractivity contribution < 1.29 is 13.2 Å². The predicted molar refractivity (Wildman–Crippen MR) is 95.0 cm³/mol. The van der Waals surface area contributed by atoms with E-state index >= 15 is 0 Å². The predicted octanol–water partition coefficient (Wildman–Crippen LogP) is 0.649. The van der Waals surface area contributed by atoms with Crippen LogP contribution in [-0.2, 0) is 27.7 Å². The standard InChI is InChI=1S/C16H23N3O3S.ClH/c1-18(12-16(20)19-9-7-17-8-10-19)23(21,22)15-6-5-13-3-2-4-14(13)11-15;/h5-6,11,17H,2-4,7-10,12H2,1H3;1H. The van der Waals surface area contributed by atoms with Crippen molar-refractivity contribution in [3.8, 4) is 0 Å². The molecule has 1 aromatic rings. The number of aryl methyl sites for hydroxylation is 2. The number of likely N-dealkylation sites (N-methyl/N-ethyl adjacent to an activating group) is 1. The fourth-order valence-electron chi connectivity index (χ4n) is 3.18. The fourth-order valence-corrected chi connectivity index (χ4v) is 4.35. The van der Waals surface area contributed by atoms with Crippen LogP contribution in [0.1, 0.15) is 17.5 Å². The first-order valence-electron chi connectivity index (χ1n) is 8.05. The molecule has 3 rings (SSSR count). The highest BCUT2D eigenvalue weighted by Gasteiger charge is 2.26. The maximum Gasteiger partial charge on any atom is 0.243 e. The Kier molecular flexibility index (Phi) is 6.25. The molecular weight excluding hydrogens is 350 g/mol. The molecule has 0 spiro atoms. The first kappa shape index (κ1) is 19.2. The summed E-state index contributed by atoms with van der Waals surface area (Å²) < 4.78 is 26.5. The zero-order valence-electron chi connectivity index (χ0n) is 13.8. The van der Waals surface area contributed by atoms with Crippen LogP contribution in [-0.4, -0.2) is 63.3 Å². The minimum atomic E-state index is -3.62. The second kappa shape index (κ2) is 7.82. The van der Waals surface area contributed by atoms with E-state index in [2.05, 4.69) is 5.32 Å². The lowest BCUT2D eigenvalue weighted by Crippen LogP contribution is -2.49. The van der Waals surface area contributed by atoms with Crippen LogP contribution in [0.2, 0.25) is 0 Å². The van der Waals surface area contributed by atoms with E-state index < -0.39 is 10.0 Å². The molecule has 1 aromatic carbocycles. The minimum Gasteiger partial charge on any atom is -0.339 e. The van der Waals surface area contributed by atoms with Gasteiger partial charge in [0.2, 0.25) is 15.9 Å². The molecule has 1 N–H and O–H groups in total. The van der Waals surface area contributed by atoms with Gasteiger partial charge in [-0.2, -0.15) is 4.31 Å². The largest absolute Gasteiger partial charge is 0.339 e. The number of rotatable bonds is 4. The van der Waals surface area contributed by atoms with Gasteiger partial charge in [-0.25, -0.2) is 8.42 Å². The van der Waals surface area contributed by atoms with Gasteiger partial charge < -0.3 is 10.2 Å². The summed E-state index contributed by atoms with van der Waals surface area (Å²) in [7, 11) is -2.15. The number of piperazine rings is 1. The van der Waals surface area contributed by atoms with Crippen molar-refractivity contribution in [2.75, 3.05) is 39.8 Å². The number of carbonyl (C=O) groups excluding carboxylic acids is 1. The number of benzene rings is 1. The topological polar surface area (TPSA) is 69.7 Å². The molecule has 1 heterocycles. The molecule has 1 saturated heterocycles. The maximum absolute atomic E-state index is 12.7. The van der Waals surface area contributed by atoms with Crippen LogP contribution in [0.4, 0.5) is 0 Å². The second-order valence-electron chi connectivity index (χ2n) is 6.18. The van der Waals surface area contributed by atoms with E-state index in [9.17, 15) is 13.2 Å². The van der Waals surface area contributed by atoms with E-state index in [0.29, 0.717) is 13.1 Å². The quantitative estimate of drug-likeness (QED) is 0.841. The number of halogens is 1. The summed E-state index contributed by atoms with van der Waals surface area (Å²) >= 11 is 0. The van der Waals surface area contributed by atoms with Crippen LogP contribution in [0, 0.1) is 0 Å². The third-order valence-electron chi connectivity index (χ3n) is 4.61. The van der Waals surface area contributed by atoms with Crippen molar-refractivity contribution in [3.05, 3.63) is 29.3 Å². The fraction of sp³-hybridized carbons (Fsp3) is 0.562. The van der Waals surface area contributed by atoms with E-state index in [1.165, 1.54) is 12.6 Å². The monoisotopic (exact) mass is 373 g/mol. The summed E-state index contributed by atoms with van der Waals surface area (Å²) in [5.41, 5.74) is 2.36. The van der Waals surface area contributed by atoms with Gasteiger partial charge in [0.25, 0.3) is 0 Å². The molecule has 0 aromatic heterocycles. The highest BCUT2D eigenvalue weighted by molar-refractivity contribution is 7.89. The van der Waals surface area contributed by atoms with Crippen LogP contribution < -0.4 is 5.32 Å². The first-order valence-corrected chi connectivity index (χ1v) is 9.49. The molecule has 1 aliphatic heterocycles. The minimum absolute atomic E-state index is 0. The molecule has 134 valence electrons. The lowest BCUT2D eigenvalue weighted by Gasteiger charge is -2.29. The Morgan fingerprint density at radius 2 is 1.88 bits per heavy atom. The number of hydrogen-bond acceptors (Lipinski definition) is 4. The molecule has 24 heavy (non-hydrogen) atoms. The van der Waals surface area contributed by atoms with Crippen LogP contribution in [0.5, 0.6) is 0 Å². The summed E-state index contributed by atoms with van der Waals surface area (Å²) in [5, 5.41) is 3.18. The van der Waals surface area contributed by atoms with Crippen LogP contribution >= 0.6 is 12.4 Å². The zero-order chi connectivity index (χ0) is 16.4. The van der Waals surface area contributed by atoms with Crippen molar-refractivity contribution in [3.63, 3.8) is 0 Å². The summed E-state index contributed by atoms with van der Waals surface area (Å²) in [6.45, 7) is 2.66. The lowest BCUT2D eigenvalue weighted by molar-refractivity contribution is -0.131. The second-order valence-corrected chi connectivity index (χ2v) is 8.22. The van der Waals surface area contributed by atoms with Gasteiger partial charge in [-0.1, -0.05) is 6.07 Å². The highest BCUT2D eigenvalue weighted by atomic mass is 35.5. The Balaban J connectivity index is 0.00000208. The molecule has 1 aliphatic carbocycles. The van der Waals surface area contributed by atoms with Crippen molar-refractivity contribution in [2.45, 2.75) is 24.2 Å². The molecule has 8 heteroatoms. The number of carbonyl (C=O) groups is 1. The number of nitrogens with one attached hydrogen (secondary N) is 1. The molecular formula is C16H24ClN3O3S. The van der Waals surface area contributed by atoms with Gasteiger partial charge in [0.15, 0.2) is 0 Å². The van der Waals surface area contributed by atoms with Gasteiger partial charge in [0.1, 0.15) is 0 Å². The Morgan fingerprint density at radius 1 is 1.21 bits per heavy atom. The van der Waals surface area contributed by atoms with E-state index in [-0.39, 0.29) is 29.8 Å². The van der Waals surface area contributed by atoms with Gasteiger partial charge in [-0.3, -0.25) is 4.79 Å². The highest BCUT2D eigenvalue weighted by Crippen LogP contribution is 2.25. The van der Waals surface area contributed by atoms with Gasteiger partial charge in [-0.05, 0) is 42.5 Å². The molecule has 1 amide bonds. The van der Waals surface area contributed by atoms with Crippen LogP contribution in [0.25, 0.3) is 0 Å². The van der Waals surface area contributed by atoms with E-state index in [1.54, 1.807) is 17.0 Å². The number of nitrogens with zero attached hydrogens (tertiary/aromatic N) is 2. The summed E-state index contributed by atoms with van der Waals surface area (Å²) in [4.78, 5) is 14.3. The molecule has 0 saturated carbocycles. The van der Waals surface area contributed by atoms with Crippen molar-refractivity contribution in [1.29, 1.82) is 0 Å².